The number of amides is 2. The molecule has 1 aliphatic rings. The summed E-state index contributed by atoms with van der Waals surface area (Å²) in [7, 11) is -4.24. The summed E-state index contributed by atoms with van der Waals surface area (Å²) in [5.74, 6) is -0.936. The van der Waals surface area contributed by atoms with E-state index in [1.165, 1.54) is 35.2 Å². The third kappa shape index (κ3) is 7.87. The molecule has 1 aliphatic carbocycles. The van der Waals surface area contributed by atoms with Crippen LogP contribution in [0.4, 0.5) is 5.69 Å². The highest BCUT2D eigenvalue weighted by Gasteiger charge is 2.33. The van der Waals surface area contributed by atoms with Crippen LogP contribution in [-0.2, 0) is 26.2 Å². The van der Waals surface area contributed by atoms with Gasteiger partial charge in [-0.15, -0.1) is 0 Å². The zero-order chi connectivity index (χ0) is 29.7. The minimum Gasteiger partial charge on any atom is -0.352 e. The Balaban J connectivity index is 1.71. The molecular weight excluding hydrogens is 628 g/mol. The van der Waals surface area contributed by atoms with Crippen LogP contribution in [0.25, 0.3) is 0 Å². The molecule has 1 N–H and O–H groups in total. The third-order valence-electron chi connectivity index (χ3n) is 6.95. The number of anilines is 1. The van der Waals surface area contributed by atoms with E-state index in [2.05, 4.69) is 5.32 Å². The summed E-state index contributed by atoms with van der Waals surface area (Å²) < 4.78 is 28.6. The molecule has 3 aromatic rings. The molecule has 4 rings (SSSR count). The number of carbonyl (C=O) groups excluding carboxylic acids is 2. The molecule has 3 aromatic carbocycles. The molecule has 0 heterocycles. The normalized spacial score (nSPS) is 14.5. The molecule has 2 amide bonds. The number of rotatable bonds is 10. The van der Waals surface area contributed by atoms with Gasteiger partial charge in [0.1, 0.15) is 12.6 Å². The number of halogens is 4. The van der Waals surface area contributed by atoms with Crippen LogP contribution in [0.1, 0.15) is 38.2 Å². The predicted molar refractivity (Wildman–Crippen MR) is 164 cm³/mol. The minimum absolute atomic E-state index is 0.00942. The molecule has 7 nitrogen and oxygen atoms in total. The van der Waals surface area contributed by atoms with E-state index >= 15 is 0 Å². The number of nitrogens with zero attached hydrogens (tertiary/aromatic N) is 2. The highest BCUT2D eigenvalue weighted by atomic mass is 35.5. The maximum atomic E-state index is 14.0. The second kappa shape index (κ2) is 13.7. The SMILES string of the molecule is C[C@H](C(=O)NC1CCCC1)N(Cc1ccc(Cl)c(Cl)c1)C(=O)CN(c1cc(Cl)cc(Cl)c1)S(=O)(=O)c1ccccc1. The van der Waals surface area contributed by atoms with Gasteiger partial charge >= 0.3 is 0 Å². The van der Waals surface area contributed by atoms with Crippen LogP contribution in [0.2, 0.25) is 20.1 Å². The van der Waals surface area contributed by atoms with Gasteiger partial charge in [-0.2, -0.15) is 0 Å². The number of benzene rings is 3. The molecule has 1 fully saturated rings. The van der Waals surface area contributed by atoms with Crippen LogP contribution in [0.3, 0.4) is 0 Å². The van der Waals surface area contributed by atoms with Crippen molar-refractivity contribution in [2.45, 2.75) is 56.1 Å². The lowest BCUT2D eigenvalue weighted by atomic mass is 10.1. The third-order valence-corrected chi connectivity index (χ3v) is 9.91. The van der Waals surface area contributed by atoms with Crippen molar-refractivity contribution >= 4 is 73.9 Å². The number of hydrogen-bond acceptors (Lipinski definition) is 4. The predicted octanol–water partition coefficient (Wildman–Crippen LogP) is 6.97. The van der Waals surface area contributed by atoms with E-state index in [1.807, 2.05) is 0 Å². The van der Waals surface area contributed by atoms with Crippen LogP contribution in [0.5, 0.6) is 0 Å². The Morgan fingerprint density at radius 1 is 0.902 bits per heavy atom. The van der Waals surface area contributed by atoms with Crippen LogP contribution < -0.4 is 9.62 Å². The number of nitrogens with one attached hydrogen (secondary N) is 1. The van der Waals surface area contributed by atoms with Gasteiger partial charge in [-0.3, -0.25) is 13.9 Å². The first-order valence-corrected chi connectivity index (χ1v) is 16.0. The van der Waals surface area contributed by atoms with Gasteiger partial charge in [0.15, 0.2) is 0 Å². The maximum Gasteiger partial charge on any atom is 0.264 e. The molecule has 0 aromatic heterocycles. The van der Waals surface area contributed by atoms with Crippen molar-refractivity contribution in [1.82, 2.24) is 10.2 Å². The topological polar surface area (TPSA) is 86.8 Å². The van der Waals surface area contributed by atoms with Crippen molar-refractivity contribution in [2.24, 2.45) is 0 Å². The average molecular weight is 657 g/mol. The highest BCUT2D eigenvalue weighted by Crippen LogP contribution is 2.30. The molecule has 0 aliphatic heterocycles. The van der Waals surface area contributed by atoms with Crippen molar-refractivity contribution < 1.29 is 18.0 Å². The number of sulfonamides is 1. The second-order valence-electron chi connectivity index (χ2n) is 9.89. The van der Waals surface area contributed by atoms with Gasteiger partial charge in [-0.1, -0.05) is 83.5 Å². The fourth-order valence-electron chi connectivity index (χ4n) is 4.74. The Morgan fingerprint density at radius 2 is 1.54 bits per heavy atom. The first-order chi connectivity index (χ1) is 19.5. The minimum atomic E-state index is -4.24. The monoisotopic (exact) mass is 655 g/mol. The largest absolute Gasteiger partial charge is 0.352 e. The lowest BCUT2D eigenvalue weighted by Crippen LogP contribution is -2.52. The second-order valence-corrected chi connectivity index (χ2v) is 13.4. The molecule has 12 heteroatoms. The summed E-state index contributed by atoms with van der Waals surface area (Å²) >= 11 is 24.8. The molecule has 1 saturated carbocycles. The lowest BCUT2D eigenvalue weighted by Gasteiger charge is -2.32. The fraction of sp³-hybridized carbons (Fsp3) is 0.310. The van der Waals surface area contributed by atoms with E-state index in [4.69, 9.17) is 46.4 Å². The van der Waals surface area contributed by atoms with Crippen LogP contribution in [-0.4, -0.2) is 43.8 Å². The van der Waals surface area contributed by atoms with Crippen LogP contribution in [0.15, 0.2) is 71.6 Å². The van der Waals surface area contributed by atoms with Gasteiger partial charge in [-0.25, -0.2) is 8.42 Å². The molecule has 218 valence electrons. The van der Waals surface area contributed by atoms with E-state index in [0.717, 1.165) is 30.0 Å². The molecule has 0 radical (unpaired) electrons. The molecule has 0 spiro atoms. The zero-order valence-corrected chi connectivity index (χ0v) is 26.0. The molecule has 0 saturated heterocycles. The van der Waals surface area contributed by atoms with Crippen molar-refractivity contribution in [3.63, 3.8) is 0 Å². The Bertz CT molecular complexity index is 1500. The van der Waals surface area contributed by atoms with Crippen LogP contribution >= 0.6 is 46.4 Å². The summed E-state index contributed by atoms with van der Waals surface area (Å²) in [5.41, 5.74) is 0.730. The van der Waals surface area contributed by atoms with E-state index < -0.39 is 28.5 Å². The molecular formula is C29H29Cl4N3O4S. The standard InChI is InChI=1S/C29H29Cl4N3O4S/c1-19(29(38)34-23-7-5-6-8-23)35(17-20-11-12-26(32)27(33)13-20)28(37)18-36(24-15-21(30)14-22(31)16-24)41(39,40)25-9-3-2-4-10-25/h2-4,9-16,19,23H,5-8,17-18H2,1H3,(H,34,38)/t19-/m1/s1. The van der Waals surface area contributed by atoms with Gasteiger partial charge in [0, 0.05) is 22.6 Å². The Morgan fingerprint density at radius 3 is 2.15 bits per heavy atom. The van der Waals surface area contributed by atoms with Gasteiger partial charge in [0.05, 0.1) is 20.6 Å². The lowest BCUT2D eigenvalue weighted by molar-refractivity contribution is -0.139. The van der Waals surface area contributed by atoms with Crippen LogP contribution in [0, 0.1) is 0 Å². The van der Waals surface area contributed by atoms with E-state index in [9.17, 15) is 18.0 Å². The Hall–Kier alpha value is -2.49. The quantitative estimate of drug-likeness (QED) is 0.255. The van der Waals surface area contributed by atoms with Crippen molar-refractivity contribution in [2.75, 3.05) is 10.8 Å². The first kappa shape index (κ1) is 31.4. The highest BCUT2D eigenvalue weighted by molar-refractivity contribution is 7.92. The molecule has 1 atom stereocenters. The van der Waals surface area contributed by atoms with E-state index in [-0.39, 0.29) is 39.1 Å². The maximum absolute atomic E-state index is 14.0. The molecule has 0 bridgehead atoms. The van der Waals surface area contributed by atoms with Crippen molar-refractivity contribution in [1.29, 1.82) is 0 Å². The Kier molecular flexibility index (Phi) is 10.5. The summed E-state index contributed by atoms with van der Waals surface area (Å²) in [6.45, 7) is 0.993. The van der Waals surface area contributed by atoms with E-state index in [1.54, 1.807) is 43.3 Å². The molecule has 41 heavy (non-hydrogen) atoms. The van der Waals surface area contributed by atoms with Gasteiger partial charge in [0.2, 0.25) is 11.8 Å². The fourth-order valence-corrected chi connectivity index (χ4v) is 7.00. The smallest absolute Gasteiger partial charge is 0.264 e. The molecule has 0 unspecified atom stereocenters. The average Bonchev–Trinajstić information content (AvgIpc) is 3.44. The van der Waals surface area contributed by atoms with Crippen molar-refractivity contribution in [3.8, 4) is 0 Å². The van der Waals surface area contributed by atoms with Gasteiger partial charge in [0.25, 0.3) is 10.0 Å². The summed E-state index contributed by atoms with van der Waals surface area (Å²) in [6.07, 6.45) is 3.80. The summed E-state index contributed by atoms with van der Waals surface area (Å²) in [6, 6.07) is 16.1. The van der Waals surface area contributed by atoms with Gasteiger partial charge < -0.3 is 10.2 Å². The van der Waals surface area contributed by atoms with E-state index in [0.29, 0.717) is 15.6 Å². The zero-order valence-electron chi connectivity index (χ0n) is 22.2. The summed E-state index contributed by atoms with van der Waals surface area (Å²) in [4.78, 5) is 28.6. The van der Waals surface area contributed by atoms with Crippen molar-refractivity contribution in [3.05, 3.63) is 92.4 Å². The number of carbonyl (C=O) groups is 2. The number of hydrogen-bond donors (Lipinski definition) is 1. The van der Waals surface area contributed by atoms with Gasteiger partial charge in [-0.05, 0) is 67.8 Å². The summed E-state index contributed by atoms with van der Waals surface area (Å²) in [5, 5.41) is 4.07. The Labute approximate surface area is 260 Å². The first-order valence-electron chi connectivity index (χ1n) is 13.0.